The van der Waals surface area contributed by atoms with Gasteiger partial charge in [-0.1, -0.05) is 18.2 Å². The van der Waals surface area contributed by atoms with Gasteiger partial charge in [0.25, 0.3) is 5.91 Å². The molecule has 0 saturated carbocycles. The van der Waals surface area contributed by atoms with Crippen molar-refractivity contribution in [3.63, 3.8) is 0 Å². The van der Waals surface area contributed by atoms with Gasteiger partial charge >= 0.3 is 0 Å². The highest BCUT2D eigenvalue weighted by atomic mass is 16.4. The topological polar surface area (TPSA) is 72.4 Å². The number of oxazole rings is 1. The highest BCUT2D eigenvalue weighted by molar-refractivity contribution is 5.92. The van der Waals surface area contributed by atoms with Crippen LogP contribution < -0.4 is 5.73 Å². The van der Waals surface area contributed by atoms with Gasteiger partial charge in [-0.3, -0.25) is 4.79 Å². The van der Waals surface area contributed by atoms with Gasteiger partial charge in [-0.2, -0.15) is 0 Å². The largest absolute Gasteiger partial charge is 0.436 e. The van der Waals surface area contributed by atoms with E-state index in [0.29, 0.717) is 36.1 Å². The summed E-state index contributed by atoms with van der Waals surface area (Å²) in [5.74, 6) is 0.647. The molecule has 0 unspecified atom stereocenters. The van der Waals surface area contributed by atoms with E-state index in [1.165, 1.54) is 0 Å². The molecule has 2 aromatic rings. The summed E-state index contributed by atoms with van der Waals surface area (Å²) in [5.41, 5.74) is 8.15. The van der Waals surface area contributed by atoms with Gasteiger partial charge in [0.1, 0.15) is 0 Å². The first kappa shape index (κ1) is 14.1. The Kier molecular flexibility index (Phi) is 4.08. The van der Waals surface area contributed by atoms with Crippen LogP contribution in [0.2, 0.25) is 0 Å². The fourth-order valence-corrected chi connectivity index (χ4v) is 2.08. The minimum atomic E-state index is -0.158. The standard InChI is InChI=1S/C15H19N3O2/c1-4-18(9-12-7-5-6-8-13(12)16)15(19)14-10(2)17-11(3)20-14/h5-8H,4,9,16H2,1-3H3. The summed E-state index contributed by atoms with van der Waals surface area (Å²) < 4.78 is 5.39. The minimum absolute atomic E-state index is 0.158. The number of carbonyl (C=O) groups is 1. The lowest BCUT2D eigenvalue weighted by Gasteiger charge is -2.20. The number of rotatable bonds is 4. The number of para-hydroxylation sites is 1. The second-order valence-electron chi connectivity index (χ2n) is 4.67. The molecule has 2 N–H and O–H groups in total. The zero-order valence-corrected chi connectivity index (χ0v) is 12.0. The van der Waals surface area contributed by atoms with Crippen molar-refractivity contribution in [1.82, 2.24) is 9.88 Å². The summed E-state index contributed by atoms with van der Waals surface area (Å²) in [7, 11) is 0. The zero-order valence-electron chi connectivity index (χ0n) is 12.0. The summed E-state index contributed by atoms with van der Waals surface area (Å²) in [5, 5.41) is 0. The molecule has 20 heavy (non-hydrogen) atoms. The third-order valence-electron chi connectivity index (χ3n) is 3.18. The highest BCUT2D eigenvalue weighted by Gasteiger charge is 2.22. The van der Waals surface area contributed by atoms with Crippen molar-refractivity contribution in [2.45, 2.75) is 27.3 Å². The molecule has 0 aliphatic heterocycles. The molecule has 1 aromatic carbocycles. The van der Waals surface area contributed by atoms with Gasteiger partial charge in [0.05, 0.1) is 5.69 Å². The molecule has 0 fully saturated rings. The van der Waals surface area contributed by atoms with E-state index in [9.17, 15) is 4.79 Å². The summed E-state index contributed by atoms with van der Waals surface area (Å²) in [6.07, 6.45) is 0. The highest BCUT2D eigenvalue weighted by Crippen LogP contribution is 2.17. The molecule has 0 atom stereocenters. The lowest BCUT2D eigenvalue weighted by Crippen LogP contribution is -2.30. The maximum Gasteiger partial charge on any atom is 0.291 e. The predicted molar refractivity (Wildman–Crippen MR) is 77.2 cm³/mol. The van der Waals surface area contributed by atoms with E-state index in [-0.39, 0.29) is 5.91 Å². The summed E-state index contributed by atoms with van der Waals surface area (Å²) in [6, 6.07) is 7.54. The van der Waals surface area contributed by atoms with Crippen LogP contribution in [0.3, 0.4) is 0 Å². The van der Waals surface area contributed by atoms with Gasteiger partial charge < -0.3 is 15.1 Å². The number of hydrogen-bond acceptors (Lipinski definition) is 4. The summed E-state index contributed by atoms with van der Waals surface area (Å²) in [4.78, 5) is 18.3. The van der Waals surface area contributed by atoms with Crippen LogP contribution in [0.25, 0.3) is 0 Å². The predicted octanol–water partition coefficient (Wildman–Crippen LogP) is 2.54. The van der Waals surface area contributed by atoms with Crippen LogP contribution >= 0.6 is 0 Å². The molecule has 0 aliphatic carbocycles. The van der Waals surface area contributed by atoms with E-state index in [2.05, 4.69) is 4.98 Å². The number of anilines is 1. The molecule has 2 rings (SSSR count). The smallest absolute Gasteiger partial charge is 0.291 e. The Morgan fingerprint density at radius 3 is 2.60 bits per heavy atom. The van der Waals surface area contributed by atoms with Crippen LogP contribution in [-0.2, 0) is 6.54 Å². The zero-order chi connectivity index (χ0) is 14.7. The van der Waals surface area contributed by atoms with Crippen molar-refractivity contribution in [2.75, 3.05) is 12.3 Å². The summed E-state index contributed by atoms with van der Waals surface area (Å²) >= 11 is 0. The van der Waals surface area contributed by atoms with E-state index in [1.807, 2.05) is 31.2 Å². The van der Waals surface area contributed by atoms with Crippen molar-refractivity contribution < 1.29 is 9.21 Å². The molecule has 5 nitrogen and oxygen atoms in total. The number of aryl methyl sites for hydroxylation is 2. The van der Waals surface area contributed by atoms with E-state index in [1.54, 1.807) is 18.7 Å². The van der Waals surface area contributed by atoms with Crippen molar-refractivity contribution in [1.29, 1.82) is 0 Å². The van der Waals surface area contributed by atoms with Crippen molar-refractivity contribution in [3.05, 3.63) is 47.2 Å². The summed E-state index contributed by atoms with van der Waals surface area (Å²) in [6.45, 7) is 6.47. The van der Waals surface area contributed by atoms with Crippen molar-refractivity contribution in [3.8, 4) is 0 Å². The average molecular weight is 273 g/mol. The number of benzene rings is 1. The van der Waals surface area contributed by atoms with Gasteiger partial charge in [-0.05, 0) is 25.5 Å². The molecular weight excluding hydrogens is 254 g/mol. The van der Waals surface area contributed by atoms with E-state index < -0.39 is 0 Å². The molecule has 0 aliphatic rings. The van der Waals surface area contributed by atoms with Crippen LogP contribution in [0.4, 0.5) is 5.69 Å². The Hall–Kier alpha value is -2.30. The molecule has 0 spiro atoms. The third-order valence-corrected chi connectivity index (χ3v) is 3.18. The van der Waals surface area contributed by atoms with Crippen LogP contribution in [-0.4, -0.2) is 22.3 Å². The fraction of sp³-hybridized carbons (Fsp3) is 0.333. The lowest BCUT2D eigenvalue weighted by atomic mass is 10.1. The van der Waals surface area contributed by atoms with Gasteiger partial charge in [-0.15, -0.1) is 0 Å². The quantitative estimate of drug-likeness (QED) is 0.869. The average Bonchev–Trinajstić information content (AvgIpc) is 2.76. The number of carbonyl (C=O) groups excluding carboxylic acids is 1. The maximum absolute atomic E-state index is 12.5. The second kappa shape index (κ2) is 5.77. The molecular formula is C15H19N3O2. The Labute approximate surface area is 118 Å². The molecule has 0 saturated heterocycles. The van der Waals surface area contributed by atoms with Crippen LogP contribution in [0.5, 0.6) is 0 Å². The van der Waals surface area contributed by atoms with Gasteiger partial charge in [0.2, 0.25) is 5.76 Å². The SMILES string of the molecule is CCN(Cc1ccccc1N)C(=O)c1oc(C)nc1C. The first-order valence-electron chi connectivity index (χ1n) is 6.59. The van der Waals surface area contributed by atoms with Crippen molar-refractivity contribution >= 4 is 11.6 Å². The molecule has 1 aromatic heterocycles. The molecule has 0 radical (unpaired) electrons. The van der Waals surface area contributed by atoms with E-state index in [4.69, 9.17) is 10.2 Å². The minimum Gasteiger partial charge on any atom is -0.436 e. The van der Waals surface area contributed by atoms with E-state index in [0.717, 1.165) is 5.56 Å². The first-order valence-corrected chi connectivity index (χ1v) is 6.59. The monoisotopic (exact) mass is 273 g/mol. The molecule has 1 heterocycles. The van der Waals surface area contributed by atoms with Gasteiger partial charge in [-0.25, -0.2) is 4.98 Å². The Morgan fingerprint density at radius 2 is 2.05 bits per heavy atom. The number of amides is 1. The van der Waals surface area contributed by atoms with Crippen molar-refractivity contribution in [2.24, 2.45) is 0 Å². The molecule has 0 bridgehead atoms. The molecule has 106 valence electrons. The Bertz CT molecular complexity index is 619. The number of nitrogens with zero attached hydrogens (tertiary/aromatic N) is 2. The normalized spacial score (nSPS) is 10.6. The van der Waals surface area contributed by atoms with Gasteiger partial charge in [0, 0.05) is 25.7 Å². The number of nitrogens with two attached hydrogens (primary N) is 1. The van der Waals surface area contributed by atoms with Gasteiger partial charge in [0.15, 0.2) is 5.89 Å². The van der Waals surface area contributed by atoms with Crippen LogP contribution in [0.15, 0.2) is 28.7 Å². The maximum atomic E-state index is 12.5. The van der Waals surface area contributed by atoms with Crippen LogP contribution in [0, 0.1) is 13.8 Å². The number of hydrogen-bond donors (Lipinski definition) is 1. The lowest BCUT2D eigenvalue weighted by molar-refractivity contribution is 0.0718. The molecule has 5 heteroatoms. The number of aromatic nitrogens is 1. The van der Waals surface area contributed by atoms with Crippen LogP contribution in [0.1, 0.15) is 34.6 Å². The Morgan fingerprint density at radius 1 is 1.35 bits per heavy atom. The third kappa shape index (κ3) is 2.82. The van der Waals surface area contributed by atoms with E-state index >= 15 is 0 Å². The second-order valence-corrected chi connectivity index (χ2v) is 4.67. The fourth-order valence-electron chi connectivity index (χ4n) is 2.08. The first-order chi connectivity index (χ1) is 9.52. The molecule has 1 amide bonds. The number of nitrogen functional groups attached to an aromatic ring is 1. The Balaban J connectivity index is 2.22.